The maximum atomic E-state index is 13.3. The number of amides is 1. The quantitative estimate of drug-likeness (QED) is 0.439. The fourth-order valence-electron chi connectivity index (χ4n) is 4.45. The van der Waals surface area contributed by atoms with E-state index in [2.05, 4.69) is 27.4 Å². The molecule has 0 atom stereocenters. The summed E-state index contributed by atoms with van der Waals surface area (Å²) < 4.78 is 1.86. The zero-order chi connectivity index (χ0) is 22.6. The summed E-state index contributed by atoms with van der Waals surface area (Å²) in [7, 11) is 0. The molecule has 1 aliphatic rings. The van der Waals surface area contributed by atoms with Gasteiger partial charge in [-0.05, 0) is 62.7 Å². The van der Waals surface area contributed by atoms with Gasteiger partial charge in [-0.1, -0.05) is 36.8 Å². The fourth-order valence-corrected chi connectivity index (χ4v) is 4.45. The first-order valence-electron chi connectivity index (χ1n) is 11.7. The Hall–Kier alpha value is -3.51. The van der Waals surface area contributed by atoms with Crippen molar-refractivity contribution in [2.75, 3.05) is 18.4 Å². The fraction of sp³-hybridized carbons (Fsp3) is 0.296. The van der Waals surface area contributed by atoms with Crippen LogP contribution in [0.1, 0.15) is 42.1 Å². The van der Waals surface area contributed by atoms with Crippen molar-refractivity contribution in [1.82, 2.24) is 19.7 Å². The molecule has 0 radical (unpaired) electrons. The number of rotatable bonds is 6. The largest absolute Gasteiger partial charge is 0.322 e. The predicted molar refractivity (Wildman–Crippen MR) is 132 cm³/mol. The van der Waals surface area contributed by atoms with Crippen molar-refractivity contribution in [3.63, 3.8) is 0 Å². The number of likely N-dealkylation sites (tertiary alicyclic amines) is 1. The SMILES string of the molecule is CCn1cc(-c2cc(C(=O)Nc3ccc(CN4CCCCC4)cc3)c3ccccc3n2)cn1. The zero-order valence-electron chi connectivity index (χ0n) is 19.0. The molecule has 6 nitrogen and oxygen atoms in total. The maximum absolute atomic E-state index is 13.3. The molecule has 0 bridgehead atoms. The predicted octanol–water partition coefficient (Wildman–Crippen LogP) is 5.36. The molecule has 0 spiro atoms. The molecule has 1 amide bonds. The molecule has 0 aliphatic carbocycles. The number of benzene rings is 2. The van der Waals surface area contributed by atoms with E-state index in [1.165, 1.54) is 37.9 Å². The number of aryl methyl sites for hydroxylation is 1. The first-order valence-corrected chi connectivity index (χ1v) is 11.7. The second kappa shape index (κ2) is 9.55. The standard InChI is InChI=1S/C27H29N5O/c1-2-32-19-21(17-28-32)26-16-24(23-8-4-5-9-25(23)30-26)27(33)29-22-12-10-20(11-13-22)18-31-14-6-3-7-15-31/h4-5,8-13,16-17,19H,2-3,6-7,14-15,18H2,1H3,(H,29,33). The van der Waals surface area contributed by atoms with Crippen LogP contribution >= 0.6 is 0 Å². The number of nitrogens with zero attached hydrogens (tertiary/aromatic N) is 4. The Morgan fingerprint density at radius 2 is 1.82 bits per heavy atom. The van der Waals surface area contributed by atoms with Crippen LogP contribution < -0.4 is 5.32 Å². The van der Waals surface area contributed by atoms with Crippen LogP contribution in [0.4, 0.5) is 5.69 Å². The van der Waals surface area contributed by atoms with E-state index in [0.717, 1.165) is 40.9 Å². The lowest BCUT2D eigenvalue weighted by Crippen LogP contribution is -2.29. The van der Waals surface area contributed by atoms with Crippen LogP contribution in [0.15, 0.2) is 67.0 Å². The van der Waals surface area contributed by atoms with Gasteiger partial charge in [0.25, 0.3) is 5.91 Å². The van der Waals surface area contributed by atoms with Gasteiger partial charge in [0.15, 0.2) is 0 Å². The van der Waals surface area contributed by atoms with E-state index < -0.39 is 0 Å². The van der Waals surface area contributed by atoms with Crippen molar-refractivity contribution >= 4 is 22.5 Å². The van der Waals surface area contributed by atoms with Crippen LogP contribution in [0.2, 0.25) is 0 Å². The minimum atomic E-state index is -0.137. The van der Waals surface area contributed by atoms with Crippen molar-refractivity contribution in [2.45, 2.75) is 39.3 Å². The van der Waals surface area contributed by atoms with Crippen LogP contribution in [0.3, 0.4) is 0 Å². The molecule has 0 saturated carbocycles. The van der Waals surface area contributed by atoms with E-state index in [0.29, 0.717) is 5.56 Å². The summed E-state index contributed by atoms with van der Waals surface area (Å²) >= 11 is 0. The Labute approximate surface area is 194 Å². The highest BCUT2D eigenvalue weighted by molar-refractivity contribution is 6.13. The van der Waals surface area contributed by atoms with Crippen LogP contribution in [-0.4, -0.2) is 38.7 Å². The third kappa shape index (κ3) is 4.81. The number of piperidine rings is 1. The molecule has 33 heavy (non-hydrogen) atoms. The summed E-state index contributed by atoms with van der Waals surface area (Å²) in [4.78, 5) is 20.6. The van der Waals surface area contributed by atoms with Crippen molar-refractivity contribution in [1.29, 1.82) is 0 Å². The van der Waals surface area contributed by atoms with E-state index in [9.17, 15) is 4.79 Å². The number of para-hydroxylation sites is 1. The second-order valence-corrected chi connectivity index (χ2v) is 8.64. The lowest BCUT2D eigenvalue weighted by molar-refractivity contribution is 0.102. The monoisotopic (exact) mass is 439 g/mol. The van der Waals surface area contributed by atoms with Gasteiger partial charge in [0.05, 0.1) is 23.0 Å². The number of anilines is 1. The van der Waals surface area contributed by atoms with Gasteiger partial charge in [-0.3, -0.25) is 14.4 Å². The van der Waals surface area contributed by atoms with Crippen molar-refractivity contribution in [2.24, 2.45) is 0 Å². The highest BCUT2D eigenvalue weighted by atomic mass is 16.1. The van der Waals surface area contributed by atoms with E-state index in [1.54, 1.807) is 6.20 Å². The van der Waals surface area contributed by atoms with Gasteiger partial charge in [-0.15, -0.1) is 0 Å². The van der Waals surface area contributed by atoms with E-state index in [4.69, 9.17) is 4.98 Å². The van der Waals surface area contributed by atoms with Gasteiger partial charge in [-0.25, -0.2) is 4.98 Å². The average molecular weight is 440 g/mol. The molecular formula is C27H29N5O. The summed E-state index contributed by atoms with van der Waals surface area (Å²) in [5, 5.41) is 8.27. The molecule has 168 valence electrons. The molecule has 1 N–H and O–H groups in total. The molecule has 1 saturated heterocycles. The first-order chi connectivity index (χ1) is 16.2. The summed E-state index contributed by atoms with van der Waals surface area (Å²) in [6, 6.07) is 17.8. The number of nitrogens with one attached hydrogen (secondary N) is 1. The lowest BCUT2D eigenvalue weighted by atomic mass is 10.0. The van der Waals surface area contributed by atoms with Gasteiger partial charge in [-0.2, -0.15) is 5.10 Å². The highest BCUT2D eigenvalue weighted by Crippen LogP contribution is 2.26. The van der Waals surface area contributed by atoms with Crippen LogP contribution in [0, 0.1) is 0 Å². The number of aromatic nitrogens is 3. The van der Waals surface area contributed by atoms with Gasteiger partial charge >= 0.3 is 0 Å². The number of hydrogen-bond donors (Lipinski definition) is 1. The normalized spacial score (nSPS) is 14.5. The molecule has 5 rings (SSSR count). The highest BCUT2D eigenvalue weighted by Gasteiger charge is 2.15. The molecule has 3 heterocycles. The third-order valence-corrected chi connectivity index (χ3v) is 6.28. The summed E-state index contributed by atoms with van der Waals surface area (Å²) in [6.45, 7) is 6.15. The minimum absolute atomic E-state index is 0.137. The molecule has 1 aliphatic heterocycles. The summed E-state index contributed by atoms with van der Waals surface area (Å²) in [5.74, 6) is -0.137. The third-order valence-electron chi connectivity index (χ3n) is 6.28. The van der Waals surface area contributed by atoms with E-state index in [1.807, 2.05) is 60.3 Å². The van der Waals surface area contributed by atoms with Gasteiger partial charge in [0.1, 0.15) is 0 Å². The summed E-state index contributed by atoms with van der Waals surface area (Å²) in [6.07, 6.45) is 7.67. The van der Waals surface area contributed by atoms with Crippen molar-refractivity contribution < 1.29 is 4.79 Å². The number of pyridine rings is 1. The molecule has 2 aromatic carbocycles. The molecule has 6 heteroatoms. The Morgan fingerprint density at radius 3 is 2.58 bits per heavy atom. The zero-order valence-corrected chi connectivity index (χ0v) is 19.0. The molecule has 2 aromatic heterocycles. The molecule has 1 fully saturated rings. The maximum Gasteiger partial charge on any atom is 0.256 e. The van der Waals surface area contributed by atoms with Crippen molar-refractivity contribution in [3.8, 4) is 11.3 Å². The van der Waals surface area contributed by atoms with E-state index in [-0.39, 0.29) is 5.91 Å². The Balaban J connectivity index is 1.38. The second-order valence-electron chi connectivity index (χ2n) is 8.64. The number of fused-ring (bicyclic) bond motifs is 1. The molecule has 0 unspecified atom stereocenters. The smallest absolute Gasteiger partial charge is 0.256 e. The van der Waals surface area contributed by atoms with Crippen LogP contribution in [0.25, 0.3) is 22.2 Å². The number of hydrogen-bond acceptors (Lipinski definition) is 4. The Kier molecular flexibility index (Phi) is 6.17. The molecule has 4 aromatic rings. The van der Waals surface area contributed by atoms with Crippen LogP contribution in [-0.2, 0) is 13.1 Å². The number of carbonyl (C=O) groups excluding carboxylic acids is 1. The van der Waals surface area contributed by atoms with E-state index >= 15 is 0 Å². The van der Waals surface area contributed by atoms with Gasteiger partial charge in [0.2, 0.25) is 0 Å². The molecular weight excluding hydrogens is 410 g/mol. The Bertz CT molecular complexity index is 1260. The van der Waals surface area contributed by atoms with Crippen LogP contribution in [0.5, 0.6) is 0 Å². The number of carbonyl (C=O) groups is 1. The topological polar surface area (TPSA) is 63.1 Å². The Morgan fingerprint density at radius 1 is 1.03 bits per heavy atom. The van der Waals surface area contributed by atoms with Crippen molar-refractivity contribution in [3.05, 3.63) is 78.1 Å². The average Bonchev–Trinajstić information content (AvgIpc) is 3.35. The minimum Gasteiger partial charge on any atom is -0.322 e. The van der Waals surface area contributed by atoms with Gasteiger partial charge < -0.3 is 5.32 Å². The lowest BCUT2D eigenvalue weighted by Gasteiger charge is -2.26. The van der Waals surface area contributed by atoms with Gasteiger partial charge in [0, 0.05) is 35.9 Å². The first kappa shape index (κ1) is 21.3. The summed E-state index contributed by atoms with van der Waals surface area (Å²) in [5.41, 5.74) is 5.12.